The molecule has 156 valence electrons. The Hall–Kier alpha value is -1.77. The lowest BCUT2D eigenvalue weighted by molar-refractivity contribution is -0.126. The molecule has 1 N–H and O–H groups in total. The summed E-state index contributed by atoms with van der Waals surface area (Å²) in [5.74, 6) is -0.327. The van der Waals surface area contributed by atoms with Gasteiger partial charge < -0.3 is 10.2 Å². The Morgan fingerprint density at radius 3 is 2.39 bits per heavy atom. The molecule has 1 heterocycles. The van der Waals surface area contributed by atoms with Gasteiger partial charge >= 0.3 is 0 Å². The molecule has 1 fully saturated rings. The van der Waals surface area contributed by atoms with Crippen molar-refractivity contribution in [1.82, 2.24) is 14.5 Å². The average molecular weight is 410 g/mol. The Labute approximate surface area is 168 Å². The zero-order chi connectivity index (χ0) is 20.7. The van der Waals surface area contributed by atoms with Crippen LogP contribution >= 0.6 is 0 Å². The molecule has 1 aliphatic heterocycles. The van der Waals surface area contributed by atoms with Gasteiger partial charge in [-0.15, -0.1) is 0 Å². The fraction of sp³-hybridized carbons (Fsp3) is 0.600. The molecule has 0 bridgehead atoms. The molecule has 0 aliphatic carbocycles. The van der Waals surface area contributed by atoms with Gasteiger partial charge in [0.2, 0.25) is 15.9 Å². The van der Waals surface area contributed by atoms with Crippen molar-refractivity contribution in [2.75, 3.05) is 39.3 Å². The average Bonchev–Trinajstić information content (AvgIpc) is 2.71. The summed E-state index contributed by atoms with van der Waals surface area (Å²) in [6, 6.07) is 6.12. The normalized spacial score (nSPS) is 16.3. The number of carbonyl (C=O) groups is 2. The highest BCUT2D eigenvalue weighted by Gasteiger charge is 2.32. The van der Waals surface area contributed by atoms with E-state index in [1.807, 2.05) is 0 Å². The molecule has 1 aromatic rings. The number of carbonyl (C=O) groups excluding carboxylic acids is 2. The van der Waals surface area contributed by atoms with Gasteiger partial charge in [-0.05, 0) is 45.0 Å². The molecule has 1 saturated heterocycles. The van der Waals surface area contributed by atoms with Gasteiger partial charge in [-0.25, -0.2) is 8.42 Å². The maximum atomic E-state index is 12.9. The van der Waals surface area contributed by atoms with Crippen molar-refractivity contribution < 1.29 is 18.0 Å². The van der Waals surface area contributed by atoms with Crippen molar-refractivity contribution in [2.24, 2.45) is 5.92 Å². The number of rotatable bonds is 9. The lowest BCUT2D eigenvalue weighted by atomic mass is 9.97. The highest BCUT2D eigenvalue weighted by Crippen LogP contribution is 2.24. The summed E-state index contributed by atoms with van der Waals surface area (Å²) in [6.07, 6.45) is 1.01. The summed E-state index contributed by atoms with van der Waals surface area (Å²) in [7, 11) is -3.66. The van der Waals surface area contributed by atoms with Gasteiger partial charge in [0, 0.05) is 37.7 Å². The standard InChI is InChI=1S/C20H31N3O4S/c1-4-22(5-2)14-11-21-20(25)17-9-12-23(13-10-17)28(26,27)19-8-6-7-18(15-19)16(3)24/h6-8,15,17H,4-5,9-14H2,1-3H3,(H,21,25). The molecule has 1 aliphatic rings. The van der Waals surface area contributed by atoms with Gasteiger partial charge in [0.15, 0.2) is 5.78 Å². The third kappa shape index (κ3) is 5.62. The third-order valence-corrected chi connectivity index (χ3v) is 7.22. The smallest absolute Gasteiger partial charge is 0.243 e. The first-order chi connectivity index (χ1) is 13.3. The second-order valence-corrected chi connectivity index (χ2v) is 9.02. The monoisotopic (exact) mass is 409 g/mol. The number of benzene rings is 1. The van der Waals surface area contributed by atoms with Crippen molar-refractivity contribution in [2.45, 2.75) is 38.5 Å². The van der Waals surface area contributed by atoms with Crippen molar-refractivity contribution in [1.29, 1.82) is 0 Å². The second-order valence-electron chi connectivity index (χ2n) is 7.08. The molecule has 7 nitrogen and oxygen atoms in total. The summed E-state index contributed by atoms with van der Waals surface area (Å²) < 4.78 is 27.1. The van der Waals surface area contributed by atoms with E-state index in [4.69, 9.17) is 0 Å². The summed E-state index contributed by atoms with van der Waals surface area (Å²) in [6.45, 7) is 9.54. The van der Waals surface area contributed by atoms with E-state index in [9.17, 15) is 18.0 Å². The molecular weight excluding hydrogens is 378 g/mol. The van der Waals surface area contributed by atoms with Crippen molar-refractivity contribution in [3.05, 3.63) is 29.8 Å². The quantitative estimate of drug-likeness (QED) is 0.628. The van der Waals surface area contributed by atoms with E-state index in [1.165, 1.54) is 23.4 Å². The molecule has 0 unspecified atom stereocenters. The minimum atomic E-state index is -3.66. The molecule has 1 amide bonds. The molecule has 2 rings (SSSR count). The van der Waals surface area contributed by atoms with Crippen molar-refractivity contribution in [3.63, 3.8) is 0 Å². The third-order valence-electron chi connectivity index (χ3n) is 5.32. The topological polar surface area (TPSA) is 86.8 Å². The molecule has 0 spiro atoms. The van der Waals surface area contributed by atoms with Gasteiger partial charge in [0.1, 0.15) is 0 Å². The Kier molecular flexibility index (Phi) is 8.15. The zero-order valence-electron chi connectivity index (χ0n) is 17.0. The van der Waals surface area contributed by atoms with Crippen LogP contribution in [0.3, 0.4) is 0 Å². The van der Waals surface area contributed by atoms with Crippen LogP contribution in [0.15, 0.2) is 29.2 Å². The molecule has 1 aromatic carbocycles. The van der Waals surface area contributed by atoms with Crippen LogP contribution in [0.2, 0.25) is 0 Å². The minimum Gasteiger partial charge on any atom is -0.355 e. The molecule has 0 saturated carbocycles. The number of hydrogen-bond acceptors (Lipinski definition) is 5. The number of nitrogens with one attached hydrogen (secondary N) is 1. The predicted octanol–water partition coefficient (Wildman–Crippen LogP) is 1.75. The molecule has 0 radical (unpaired) electrons. The first kappa shape index (κ1) is 22.5. The predicted molar refractivity (Wildman–Crippen MR) is 109 cm³/mol. The Bertz CT molecular complexity index is 782. The van der Waals surface area contributed by atoms with E-state index in [1.54, 1.807) is 12.1 Å². The van der Waals surface area contributed by atoms with Crippen molar-refractivity contribution in [3.8, 4) is 0 Å². The van der Waals surface area contributed by atoms with Crippen LogP contribution < -0.4 is 5.32 Å². The van der Waals surface area contributed by atoms with Crippen LogP contribution in [-0.4, -0.2) is 68.6 Å². The van der Waals surface area contributed by atoms with Crippen LogP contribution in [0.5, 0.6) is 0 Å². The Balaban J connectivity index is 1.91. The maximum Gasteiger partial charge on any atom is 0.243 e. The molecule has 8 heteroatoms. The second kappa shape index (κ2) is 10.1. The van der Waals surface area contributed by atoms with Crippen molar-refractivity contribution >= 4 is 21.7 Å². The fourth-order valence-corrected chi connectivity index (χ4v) is 4.92. The number of likely N-dealkylation sites (N-methyl/N-ethyl adjacent to an activating group) is 1. The van der Waals surface area contributed by atoms with Gasteiger partial charge in [-0.1, -0.05) is 26.0 Å². The lowest BCUT2D eigenvalue weighted by Gasteiger charge is -2.30. The summed E-state index contributed by atoms with van der Waals surface area (Å²) >= 11 is 0. The lowest BCUT2D eigenvalue weighted by Crippen LogP contribution is -2.44. The number of piperidine rings is 1. The van der Waals surface area contributed by atoms with Crippen LogP contribution in [0, 0.1) is 5.92 Å². The van der Waals surface area contributed by atoms with E-state index in [0.717, 1.165) is 19.6 Å². The Morgan fingerprint density at radius 2 is 1.82 bits per heavy atom. The highest BCUT2D eigenvalue weighted by atomic mass is 32.2. The molecule has 0 aromatic heterocycles. The SMILES string of the molecule is CCN(CC)CCNC(=O)C1CCN(S(=O)(=O)c2cccc(C(C)=O)c2)CC1. The number of nitrogens with zero attached hydrogens (tertiary/aromatic N) is 2. The van der Waals surface area contributed by atoms with E-state index < -0.39 is 10.0 Å². The largest absolute Gasteiger partial charge is 0.355 e. The highest BCUT2D eigenvalue weighted by molar-refractivity contribution is 7.89. The van der Waals surface area contributed by atoms with Gasteiger partial charge in [0.25, 0.3) is 0 Å². The number of Topliss-reactive ketones (excluding diaryl/α,β-unsaturated/α-hetero) is 1. The van der Waals surface area contributed by atoms with Gasteiger partial charge in [0.05, 0.1) is 4.90 Å². The molecule has 28 heavy (non-hydrogen) atoms. The summed E-state index contributed by atoms with van der Waals surface area (Å²) in [5.41, 5.74) is 0.378. The summed E-state index contributed by atoms with van der Waals surface area (Å²) in [5, 5.41) is 2.97. The number of amides is 1. The summed E-state index contributed by atoms with van der Waals surface area (Å²) in [4.78, 5) is 26.3. The number of ketones is 1. The van der Waals surface area contributed by atoms with Crippen LogP contribution in [-0.2, 0) is 14.8 Å². The van der Waals surface area contributed by atoms with E-state index in [-0.39, 0.29) is 22.5 Å². The number of hydrogen-bond donors (Lipinski definition) is 1. The first-order valence-corrected chi connectivity index (χ1v) is 11.3. The fourth-order valence-electron chi connectivity index (χ4n) is 3.40. The van der Waals surface area contributed by atoms with Gasteiger partial charge in [-0.2, -0.15) is 4.31 Å². The van der Waals surface area contributed by atoms with Gasteiger partial charge in [-0.3, -0.25) is 9.59 Å². The van der Waals surface area contributed by atoms with E-state index in [2.05, 4.69) is 24.1 Å². The molecular formula is C20H31N3O4S. The van der Waals surface area contributed by atoms with E-state index in [0.29, 0.717) is 38.0 Å². The first-order valence-electron chi connectivity index (χ1n) is 9.90. The van der Waals surface area contributed by atoms with Crippen LogP contribution in [0.25, 0.3) is 0 Å². The number of sulfonamides is 1. The molecule has 0 atom stereocenters. The minimum absolute atomic E-state index is 0.00258. The van der Waals surface area contributed by atoms with Crippen LogP contribution in [0.4, 0.5) is 0 Å². The van der Waals surface area contributed by atoms with Crippen LogP contribution in [0.1, 0.15) is 44.0 Å². The van der Waals surface area contributed by atoms with E-state index >= 15 is 0 Å². The Morgan fingerprint density at radius 1 is 1.18 bits per heavy atom. The maximum absolute atomic E-state index is 12.9. The zero-order valence-corrected chi connectivity index (χ0v) is 17.8.